The Morgan fingerprint density at radius 3 is 2.91 bits per heavy atom. The Labute approximate surface area is 206 Å². The van der Waals surface area contributed by atoms with E-state index in [1.807, 2.05) is 0 Å². The van der Waals surface area contributed by atoms with Crippen LogP contribution in [-0.4, -0.2) is 86.8 Å². The summed E-state index contributed by atoms with van der Waals surface area (Å²) in [5.41, 5.74) is 5.60. The van der Waals surface area contributed by atoms with Gasteiger partial charge < -0.3 is 21.4 Å². The highest BCUT2D eigenvalue weighted by molar-refractivity contribution is 8.01. The number of fused-ring (bicyclic) bond motifs is 1. The highest BCUT2D eigenvalue weighted by atomic mass is 32.2. The molecule has 2 aliphatic rings. The third-order valence-electron chi connectivity index (χ3n) is 5.04. The van der Waals surface area contributed by atoms with E-state index < -0.39 is 34.9 Å². The van der Waals surface area contributed by atoms with E-state index in [1.165, 1.54) is 46.4 Å². The molecular formula is C19H19N9O5S2. The maximum absolute atomic E-state index is 12.9. The van der Waals surface area contributed by atoms with Crippen LogP contribution in [0.3, 0.4) is 0 Å². The molecule has 4 rings (SSSR count). The Hall–Kier alpha value is -3.92. The van der Waals surface area contributed by atoms with Crippen LogP contribution in [0.15, 0.2) is 52.4 Å². The lowest BCUT2D eigenvalue weighted by molar-refractivity contribution is -0.150. The average Bonchev–Trinajstić information content (AvgIpc) is 3.28. The van der Waals surface area contributed by atoms with Crippen molar-refractivity contribution in [3.8, 4) is 0 Å². The van der Waals surface area contributed by atoms with Crippen LogP contribution >= 0.6 is 23.5 Å². The summed E-state index contributed by atoms with van der Waals surface area (Å²) in [6, 6.07) is 3.45. The standard InChI is InChI=1S/C19H19N9O5S2/c1-2-6-27-19(23-25-26-27)35-8-9-7-34-17-13(16(30)28(17)14(9)18(31)32)22-15(29)12(24-33)10-4-3-5-11(20)21-10/h2-5,13,17,33H,1,6-8H2,(H2,20,21)(H,22,29)(H,31,32)/b24-12+. The fourth-order valence-electron chi connectivity index (χ4n) is 3.49. The van der Waals surface area contributed by atoms with Crippen molar-refractivity contribution in [2.45, 2.75) is 23.1 Å². The van der Waals surface area contributed by atoms with Gasteiger partial charge in [-0.15, -0.1) is 23.4 Å². The smallest absolute Gasteiger partial charge is 0.352 e. The second-order valence-electron chi connectivity index (χ2n) is 7.24. The second kappa shape index (κ2) is 10.1. The minimum Gasteiger partial charge on any atom is -0.477 e. The molecule has 1 fully saturated rings. The van der Waals surface area contributed by atoms with Gasteiger partial charge in [0, 0.05) is 11.5 Å². The van der Waals surface area contributed by atoms with E-state index in [2.05, 4.69) is 37.6 Å². The molecule has 0 radical (unpaired) electrons. The van der Waals surface area contributed by atoms with Crippen molar-refractivity contribution < 1.29 is 24.7 Å². The summed E-state index contributed by atoms with van der Waals surface area (Å²) in [6.45, 7) is 4.04. The van der Waals surface area contributed by atoms with Crippen LogP contribution in [0.2, 0.25) is 0 Å². The number of carbonyl (C=O) groups excluding carboxylic acids is 2. The number of carboxylic acid groups (broad SMARTS) is 1. The van der Waals surface area contributed by atoms with Crippen molar-refractivity contribution in [1.82, 2.24) is 35.4 Å². The minimum absolute atomic E-state index is 0.0224. The van der Waals surface area contributed by atoms with Crippen molar-refractivity contribution >= 4 is 52.8 Å². The molecule has 1 saturated heterocycles. The third-order valence-corrected chi connectivity index (χ3v) is 7.42. The van der Waals surface area contributed by atoms with Crippen molar-refractivity contribution in [1.29, 1.82) is 0 Å². The molecular weight excluding hydrogens is 498 g/mol. The Morgan fingerprint density at radius 1 is 1.43 bits per heavy atom. The number of tetrazole rings is 1. The average molecular weight is 518 g/mol. The van der Waals surface area contributed by atoms with E-state index >= 15 is 0 Å². The summed E-state index contributed by atoms with van der Waals surface area (Å²) in [4.78, 5) is 42.7. The Morgan fingerprint density at radius 2 is 2.23 bits per heavy atom. The molecule has 2 aliphatic heterocycles. The number of carboxylic acids is 1. The number of aromatic nitrogens is 5. The van der Waals surface area contributed by atoms with E-state index in [4.69, 9.17) is 5.73 Å². The number of nitrogens with zero attached hydrogens (tertiary/aromatic N) is 7. The zero-order valence-electron chi connectivity index (χ0n) is 17.9. The van der Waals surface area contributed by atoms with Crippen molar-refractivity contribution in [2.24, 2.45) is 5.16 Å². The number of allylic oxidation sites excluding steroid dienone is 1. The maximum Gasteiger partial charge on any atom is 0.352 e. The van der Waals surface area contributed by atoms with E-state index in [1.54, 1.807) is 6.08 Å². The molecule has 2 unspecified atom stereocenters. The van der Waals surface area contributed by atoms with Gasteiger partial charge in [-0.05, 0) is 28.1 Å². The number of rotatable bonds is 9. The van der Waals surface area contributed by atoms with Gasteiger partial charge in [0.1, 0.15) is 28.6 Å². The van der Waals surface area contributed by atoms with E-state index in [-0.39, 0.29) is 23.0 Å². The Balaban J connectivity index is 1.48. The fourth-order valence-corrected chi connectivity index (χ4v) is 5.86. The number of nitrogen functional groups attached to an aromatic ring is 1. The summed E-state index contributed by atoms with van der Waals surface area (Å²) in [6.07, 6.45) is 1.63. The first-order valence-corrected chi connectivity index (χ1v) is 12.0. The SMILES string of the molecule is C=CCn1nnnc1SCC1=C(C(=O)O)N2C(=O)C(NC(=O)/C(=N/O)c3cccc(N)n3)C2SC1. The quantitative estimate of drug-likeness (QED) is 0.0834. The van der Waals surface area contributed by atoms with E-state index in [0.717, 1.165) is 4.90 Å². The third kappa shape index (κ3) is 4.69. The van der Waals surface area contributed by atoms with Crippen LogP contribution < -0.4 is 11.1 Å². The molecule has 182 valence electrons. The van der Waals surface area contributed by atoms with Gasteiger partial charge in [-0.1, -0.05) is 29.1 Å². The zero-order chi connectivity index (χ0) is 25.1. The molecule has 35 heavy (non-hydrogen) atoms. The first kappa shape index (κ1) is 24.2. The molecule has 5 N–H and O–H groups in total. The molecule has 0 spiro atoms. The largest absolute Gasteiger partial charge is 0.477 e. The van der Waals surface area contributed by atoms with Gasteiger partial charge in [0.25, 0.3) is 11.8 Å². The van der Waals surface area contributed by atoms with Crippen LogP contribution in [0, 0.1) is 0 Å². The van der Waals surface area contributed by atoms with Crippen molar-refractivity contribution in [3.05, 3.63) is 47.8 Å². The molecule has 14 nitrogen and oxygen atoms in total. The van der Waals surface area contributed by atoms with Crippen LogP contribution in [0.25, 0.3) is 0 Å². The zero-order valence-corrected chi connectivity index (χ0v) is 19.6. The molecule has 2 amide bonds. The number of anilines is 1. The molecule has 2 aromatic heterocycles. The molecule has 0 saturated carbocycles. The molecule has 0 bridgehead atoms. The predicted octanol–water partition coefficient (Wildman–Crippen LogP) is -0.454. The predicted molar refractivity (Wildman–Crippen MR) is 125 cm³/mol. The number of pyridine rings is 1. The van der Waals surface area contributed by atoms with Gasteiger partial charge in [-0.3, -0.25) is 14.5 Å². The number of carbonyl (C=O) groups is 3. The number of aliphatic carboxylic acids is 1. The first-order valence-electron chi connectivity index (χ1n) is 10.0. The molecule has 0 aromatic carbocycles. The van der Waals surface area contributed by atoms with Crippen LogP contribution in [-0.2, 0) is 20.9 Å². The summed E-state index contributed by atoms with van der Waals surface area (Å²) < 4.78 is 1.52. The first-order chi connectivity index (χ1) is 16.8. The van der Waals surface area contributed by atoms with Gasteiger partial charge in [0.2, 0.25) is 5.16 Å². The topological polar surface area (TPSA) is 202 Å². The number of β-lactam (4-membered cyclic amide) rings is 1. The number of nitrogens with one attached hydrogen (secondary N) is 1. The van der Waals surface area contributed by atoms with Gasteiger partial charge in [0.05, 0.1) is 6.54 Å². The number of hydrogen-bond donors (Lipinski definition) is 4. The lowest BCUT2D eigenvalue weighted by Gasteiger charge is -2.49. The molecule has 4 heterocycles. The molecule has 2 aromatic rings. The molecule has 0 aliphatic carbocycles. The minimum atomic E-state index is -1.25. The normalized spacial score (nSPS) is 19.7. The number of hydrogen-bond acceptors (Lipinski definition) is 12. The van der Waals surface area contributed by atoms with Crippen molar-refractivity contribution in [3.63, 3.8) is 0 Å². The number of oxime groups is 1. The lowest BCUT2D eigenvalue weighted by atomic mass is 10.0. The molecule has 2 atom stereocenters. The number of amides is 2. The van der Waals surface area contributed by atoms with Gasteiger partial charge in [-0.2, -0.15) is 0 Å². The number of nitrogens with two attached hydrogens (primary N) is 1. The maximum atomic E-state index is 12.9. The number of thioether (sulfide) groups is 2. The summed E-state index contributed by atoms with van der Waals surface area (Å²) in [5, 5.41) is 35.9. The summed E-state index contributed by atoms with van der Waals surface area (Å²) >= 11 is 2.55. The Bertz CT molecular complexity index is 1260. The van der Waals surface area contributed by atoms with Crippen LogP contribution in [0.4, 0.5) is 5.82 Å². The van der Waals surface area contributed by atoms with Crippen LogP contribution in [0.1, 0.15) is 5.69 Å². The molecule has 16 heteroatoms. The van der Waals surface area contributed by atoms with Crippen molar-refractivity contribution in [2.75, 3.05) is 17.2 Å². The highest BCUT2D eigenvalue weighted by Gasteiger charge is 2.54. The monoisotopic (exact) mass is 517 g/mol. The second-order valence-corrected chi connectivity index (χ2v) is 9.28. The summed E-state index contributed by atoms with van der Waals surface area (Å²) in [5.74, 6) is -2.01. The van der Waals surface area contributed by atoms with Crippen LogP contribution in [0.5, 0.6) is 0 Å². The van der Waals surface area contributed by atoms with E-state index in [0.29, 0.717) is 23.0 Å². The van der Waals surface area contributed by atoms with Gasteiger partial charge in [0.15, 0.2) is 5.71 Å². The lowest BCUT2D eigenvalue weighted by Crippen LogP contribution is -2.71. The Kier molecular flexibility index (Phi) is 7.02. The van der Waals surface area contributed by atoms with Gasteiger partial charge >= 0.3 is 5.97 Å². The summed E-state index contributed by atoms with van der Waals surface area (Å²) in [7, 11) is 0. The van der Waals surface area contributed by atoms with E-state index in [9.17, 15) is 24.7 Å². The fraction of sp³-hybridized carbons (Fsp3) is 0.263. The highest BCUT2D eigenvalue weighted by Crippen LogP contribution is 2.41. The van der Waals surface area contributed by atoms with Gasteiger partial charge in [-0.25, -0.2) is 14.5 Å².